The fourth-order valence-corrected chi connectivity index (χ4v) is 4.58. The molecule has 1 aromatic rings. The van der Waals surface area contributed by atoms with E-state index in [0.717, 1.165) is 16.2 Å². The molecule has 25 heavy (non-hydrogen) atoms. The summed E-state index contributed by atoms with van der Waals surface area (Å²) in [5, 5.41) is 19.2. The van der Waals surface area contributed by atoms with Gasteiger partial charge in [-0.15, -0.1) is 11.8 Å². The van der Waals surface area contributed by atoms with E-state index in [1.54, 1.807) is 24.3 Å². The number of ketones is 1. The van der Waals surface area contributed by atoms with Crippen LogP contribution in [0.1, 0.15) is 23.7 Å². The molecule has 0 radical (unpaired) electrons. The Balaban J connectivity index is 1.73. The molecule has 8 heteroatoms. The zero-order valence-electron chi connectivity index (χ0n) is 13.3. The van der Waals surface area contributed by atoms with Crippen LogP contribution >= 0.6 is 27.7 Å². The lowest BCUT2D eigenvalue weighted by Crippen LogP contribution is -2.61. The molecule has 1 amide bonds. The summed E-state index contributed by atoms with van der Waals surface area (Å²) in [5.41, 5.74) is 0.493. The van der Waals surface area contributed by atoms with Crippen molar-refractivity contribution in [3.63, 3.8) is 0 Å². The zero-order chi connectivity index (χ0) is 18.3. The minimum Gasteiger partial charge on any atom is -0.477 e. The molecule has 1 fully saturated rings. The molecule has 2 N–H and O–H groups in total. The third-order valence-corrected chi connectivity index (χ3v) is 6.08. The number of carbonyl (C=O) groups is 3. The molecule has 0 aromatic heterocycles. The number of rotatable bonds is 6. The Morgan fingerprint density at radius 1 is 1.36 bits per heavy atom. The van der Waals surface area contributed by atoms with E-state index in [1.807, 2.05) is 0 Å². The van der Waals surface area contributed by atoms with Gasteiger partial charge in [0.1, 0.15) is 5.70 Å². The Morgan fingerprint density at radius 2 is 2.00 bits per heavy atom. The number of fused-ring (bicyclic) bond motifs is 1. The van der Waals surface area contributed by atoms with Crippen LogP contribution in [0.2, 0.25) is 0 Å². The summed E-state index contributed by atoms with van der Waals surface area (Å²) in [4.78, 5) is 37.7. The second kappa shape index (κ2) is 6.93. The number of Topliss-reactive ketones (excluding diaryl/α,β-unsaturated/α-hetero) is 1. The lowest BCUT2D eigenvalue weighted by Gasteiger charge is -2.44. The molecule has 2 aliphatic heterocycles. The van der Waals surface area contributed by atoms with Crippen molar-refractivity contribution in [2.45, 2.75) is 25.5 Å². The van der Waals surface area contributed by atoms with Crippen molar-refractivity contribution in [2.75, 3.05) is 5.75 Å². The minimum atomic E-state index is -1.18. The highest BCUT2D eigenvalue weighted by Crippen LogP contribution is 2.47. The third kappa shape index (κ3) is 3.26. The Morgan fingerprint density at radius 3 is 2.56 bits per heavy atom. The molecule has 0 aliphatic carbocycles. The molecule has 6 nitrogen and oxygen atoms in total. The summed E-state index contributed by atoms with van der Waals surface area (Å²) in [7, 11) is 0. The van der Waals surface area contributed by atoms with E-state index >= 15 is 0 Å². The highest BCUT2D eigenvalue weighted by Gasteiger charge is 2.56. The summed E-state index contributed by atoms with van der Waals surface area (Å²) in [6.45, 7) is 1.53. The highest BCUT2D eigenvalue weighted by atomic mass is 79.9. The fourth-order valence-electron chi connectivity index (χ4n) is 3.23. The second-order valence-electron chi connectivity index (χ2n) is 6.04. The molecule has 2 aliphatic rings. The maximum atomic E-state index is 12.3. The van der Waals surface area contributed by atoms with E-state index in [2.05, 4.69) is 15.9 Å². The van der Waals surface area contributed by atoms with Gasteiger partial charge in [0.25, 0.3) is 0 Å². The molecular weight excluding hydrogens is 410 g/mol. The second-order valence-corrected chi connectivity index (χ2v) is 8.03. The Bertz CT molecular complexity index is 774. The molecule has 0 bridgehead atoms. The smallest absolute Gasteiger partial charge is 0.353 e. The van der Waals surface area contributed by atoms with Gasteiger partial charge in [-0.2, -0.15) is 0 Å². The van der Waals surface area contributed by atoms with Crippen LogP contribution in [0.3, 0.4) is 0 Å². The number of aliphatic carboxylic acids is 1. The average Bonchev–Trinajstić information content (AvgIpc) is 2.87. The number of amides is 1. The maximum absolute atomic E-state index is 12.3. The number of benzene rings is 1. The first-order valence-corrected chi connectivity index (χ1v) is 9.48. The third-order valence-electron chi connectivity index (χ3n) is 4.43. The minimum absolute atomic E-state index is 0.0551. The lowest BCUT2D eigenvalue weighted by atomic mass is 9.83. The van der Waals surface area contributed by atoms with Gasteiger partial charge >= 0.3 is 5.97 Å². The van der Waals surface area contributed by atoms with E-state index in [-0.39, 0.29) is 29.2 Å². The molecule has 3 atom stereocenters. The lowest BCUT2D eigenvalue weighted by molar-refractivity contribution is -0.161. The van der Waals surface area contributed by atoms with Gasteiger partial charge in [-0.25, -0.2) is 4.79 Å². The first kappa shape index (κ1) is 18.2. The van der Waals surface area contributed by atoms with Crippen molar-refractivity contribution in [1.82, 2.24) is 4.90 Å². The van der Waals surface area contributed by atoms with Crippen LogP contribution in [-0.4, -0.2) is 50.7 Å². The predicted molar refractivity (Wildman–Crippen MR) is 96.0 cm³/mol. The van der Waals surface area contributed by atoms with E-state index in [1.165, 1.54) is 11.8 Å². The van der Waals surface area contributed by atoms with Gasteiger partial charge in [-0.3, -0.25) is 9.59 Å². The van der Waals surface area contributed by atoms with Crippen LogP contribution in [0.15, 0.2) is 39.3 Å². The van der Waals surface area contributed by atoms with E-state index < -0.39 is 18.0 Å². The van der Waals surface area contributed by atoms with Gasteiger partial charge in [-0.05, 0) is 19.1 Å². The number of halogens is 1. The summed E-state index contributed by atoms with van der Waals surface area (Å²) >= 11 is 4.46. The number of carboxylic acid groups (broad SMARTS) is 1. The van der Waals surface area contributed by atoms with E-state index in [4.69, 9.17) is 0 Å². The maximum Gasteiger partial charge on any atom is 0.353 e. The van der Waals surface area contributed by atoms with E-state index in [9.17, 15) is 24.6 Å². The number of thioether (sulfide) groups is 1. The zero-order valence-corrected chi connectivity index (χ0v) is 15.7. The number of β-lactam (4-membered cyclic amide) rings is 1. The summed E-state index contributed by atoms with van der Waals surface area (Å²) in [6, 6.07) is 6.62. The number of carbonyl (C=O) groups excluding carboxylic acids is 2. The van der Waals surface area contributed by atoms with Gasteiger partial charge in [0, 0.05) is 21.4 Å². The monoisotopic (exact) mass is 425 g/mol. The van der Waals surface area contributed by atoms with Crippen molar-refractivity contribution >= 4 is 45.4 Å². The van der Waals surface area contributed by atoms with E-state index in [0.29, 0.717) is 16.9 Å². The van der Waals surface area contributed by atoms with Gasteiger partial charge in [0.2, 0.25) is 5.91 Å². The molecule has 1 saturated heterocycles. The van der Waals surface area contributed by atoms with Crippen LogP contribution in [0.5, 0.6) is 0 Å². The Hall–Kier alpha value is -1.64. The van der Waals surface area contributed by atoms with Crippen LogP contribution < -0.4 is 0 Å². The summed E-state index contributed by atoms with van der Waals surface area (Å²) in [6.07, 6.45) is -0.459. The fraction of sp³-hybridized carbons (Fsp3) is 0.353. The van der Waals surface area contributed by atoms with Crippen LogP contribution in [0.25, 0.3) is 0 Å². The van der Waals surface area contributed by atoms with Gasteiger partial charge in [0.15, 0.2) is 5.78 Å². The van der Waals surface area contributed by atoms with Crippen LogP contribution in [0, 0.1) is 5.92 Å². The molecule has 0 saturated carbocycles. The highest BCUT2D eigenvalue weighted by molar-refractivity contribution is 9.10. The summed E-state index contributed by atoms with van der Waals surface area (Å²) < 4.78 is 0.871. The quantitative estimate of drug-likeness (QED) is 0.536. The number of carboxylic acids is 1. The summed E-state index contributed by atoms with van der Waals surface area (Å²) in [5.74, 6) is -2.13. The van der Waals surface area contributed by atoms with Gasteiger partial charge in [-0.1, -0.05) is 28.1 Å². The molecule has 0 spiro atoms. The standard InChI is InChI=1S/C17H16BrNO5S/c1-8(20)14-11-6-13(15(17(23)24)19(11)16(14)22)25-7-12(21)9-2-4-10(18)5-3-9/h2-5,8,11,14,20H,6-7H2,1H3,(H,23,24)/t8-,11+,14+/m0/s1. The van der Waals surface area contributed by atoms with Crippen molar-refractivity contribution in [3.8, 4) is 0 Å². The molecule has 132 valence electrons. The van der Waals surface area contributed by atoms with Gasteiger partial charge in [0.05, 0.1) is 23.8 Å². The molecular formula is C17H16BrNO5S. The Kier molecular flexibility index (Phi) is 5.04. The first-order valence-electron chi connectivity index (χ1n) is 7.70. The van der Waals surface area contributed by atoms with Crippen LogP contribution in [-0.2, 0) is 9.59 Å². The molecule has 0 unspecified atom stereocenters. The van der Waals surface area contributed by atoms with Crippen LogP contribution in [0.4, 0.5) is 0 Å². The van der Waals surface area contributed by atoms with Crippen molar-refractivity contribution in [3.05, 3.63) is 44.9 Å². The molecule has 3 rings (SSSR count). The SMILES string of the molecule is C[C@H](O)[C@H]1C(=O)N2C(C(=O)O)=C(SCC(=O)c3ccc(Br)cc3)C[C@H]12. The number of nitrogens with zero attached hydrogens (tertiary/aromatic N) is 1. The normalized spacial score (nSPS) is 23.3. The number of hydrogen-bond acceptors (Lipinski definition) is 5. The van der Waals surface area contributed by atoms with Gasteiger partial charge < -0.3 is 15.1 Å². The molecule has 2 heterocycles. The van der Waals surface area contributed by atoms with Crippen molar-refractivity contribution < 1.29 is 24.6 Å². The van der Waals surface area contributed by atoms with Crippen molar-refractivity contribution in [1.29, 1.82) is 0 Å². The number of aliphatic hydroxyl groups is 1. The van der Waals surface area contributed by atoms with Crippen molar-refractivity contribution in [2.24, 2.45) is 5.92 Å². The topological polar surface area (TPSA) is 94.9 Å². The average molecular weight is 426 g/mol. The largest absolute Gasteiger partial charge is 0.477 e. The predicted octanol–water partition coefficient (Wildman–Crippen LogP) is 2.27. The Labute approximate surface area is 157 Å². The number of hydrogen-bond donors (Lipinski definition) is 2. The first-order chi connectivity index (χ1) is 11.8. The molecule has 1 aromatic carbocycles. The number of aliphatic hydroxyl groups excluding tert-OH is 1.